The van der Waals surface area contributed by atoms with Crippen LogP contribution < -0.4 is 5.43 Å². The van der Waals surface area contributed by atoms with Gasteiger partial charge in [0.1, 0.15) is 0 Å². The van der Waals surface area contributed by atoms with Crippen molar-refractivity contribution in [2.45, 2.75) is 11.4 Å². The Hall–Kier alpha value is -3.36. The van der Waals surface area contributed by atoms with Crippen LogP contribution in [0.3, 0.4) is 0 Å². The van der Waals surface area contributed by atoms with Gasteiger partial charge in [-0.1, -0.05) is 54.6 Å². The smallest absolute Gasteiger partial charge is 0.255 e. The van der Waals surface area contributed by atoms with Crippen molar-refractivity contribution in [3.63, 3.8) is 0 Å². The topological polar surface area (TPSA) is 91.7 Å². The number of sulfonamides is 1. The Kier molecular flexibility index (Phi) is 6.83. The van der Waals surface area contributed by atoms with Crippen molar-refractivity contribution in [3.05, 3.63) is 96.3 Å². The number of hydrogen-bond acceptors (Lipinski definition) is 5. The van der Waals surface area contributed by atoms with Crippen LogP contribution in [0.2, 0.25) is 0 Å². The molecular weight excluding hydrogens is 388 g/mol. The molecular formula is C21H20N4O3S. The van der Waals surface area contributed by atoms with Crippen molar-refractivity contribution in [1.29, 1.82) is 0 Å². The summed E-state index contributed by atoms with van der Waals surface area (Å²) in [6.07, 6.45) is 4.67. The summed E-state index contributed by atoms with van der Waals surface area (Å²) in [7, 11) is -3.86. The number of nitrogens with one attached hydrogen (secondary N) is 1. The molecule has 1 amide bonds. The van der Waals surface area contributed by atoms with Crippen LogP contribution in [0.15, 0.2) is 95.2 Å². The van der Waals surface area contributed by atoms with Crippen molar-refractivity contribution in [3.8, 4) is 0 Å². The Morgan fingerprint density at radius 3 is 2.34 bits per heavy atom. The summed E-state index contributed by atoms with van der Waals surface area (Å²) < 4.78 is 27.3. The maximum absolute atomic E-state index is 13.1. The van der Waals surface area contributed by atoms with Gasteiger partial charge in [-0.25, -0.2) is 13.8 Å². The maximum atomic E-state index is 13.1. The van der Waals surface area contributed by atoms with E-state index < -0.39 is 15.9 Å². The second kappa shape index (κ2) is 9.72. The number of hydrogen-bond donors (Lipinski definition) is 1. The number of rotatable bonds is 8. The summed E-state index contributed by atoms with van der Waals surface area (Å²) in [4.78, 5) is 16.4. The highest BCUT2D eigenvalue weighted by molar-refractivity contribution is 7.89. The quantitative estimate of drug-likeness (QED) is 0.458. The molecule has 2 aromatic carbocycles. The van der Waals surface area contributed by atoms with E-state index >= 15 is 0 Å². The zero-order valence-electron chi connectivity index (χ0n) is 15.5. The fourth-order valence-electron chi connectivity index (χ4n) is 2.58. The van der Waals surface area contributed by atoms with Crippen LogP contribution in [-0.4, -0.2) is 36.4 Å². The molecule has 3 aromatic rings. The third kappa shape index (κ3) is 5.81. The Balaban J connectivity index is 1.76. The molecule has 0 saturated heterocycles. The molecule has 3 rings (SSSR count). The van der Waals surface area contributed by atoms with Crippen LogP contribution in [0.25, 0.3) is 0 Å². The minimum absolute atomic E-state index is 0.0673. The van der Waals surface area contributed by atoms with Gasteiger partial charge in [-0.05, 0) is 23.8 Å². The van der Waals surface area contributed by atoms with Gasteiger partial charge in [-0.3, -0.25) is 9.78 Å². The number of benzene rings is 2. The summed E-state index contributed by atoms with van der Waals surface area (Å²) in [6, 6.07) is 20.7. The first kappa shape index (κ1) is 20.4. The summed E-state index contributed by atoms with van der Waals surface area (Å²) in [5.41, 5.74) is 3.86. The largest absolute Gasteiger partial charge is 0.272 e. The van der Waals surface area contributed by atoms with Crippen LogP contribution >= 0.6 is 0 Å². The first-order valence-corrected chi connectivity index (χ1v) is 10.3. The Morgan fingerprint density at radius 2 is 1.69 bits per heavy atom. The lowest BCUT2D eigenvalue weighted by Crippen LogP contribution is -2.39. The number of pyridine rings is 1. The lowest BCUT2D eigenvalue weighted by atomic mass is 10.2. The third-order valence-electron chi connectivity index (χ3n) is 3.99. The Morgan fingerprint density at radius 1 is 1.00 bits per heavy atom. The summed E-state index contributed by atoms with van der Waals surface area (Å²) in [6.45, 7) is -0.297. The molecule has 0 radical (unpaired) electrons. The van der Waals surface area contributed by atoms with E-state index in [1.165, 1.54) is 18.3 Å². The lowest BCUT2D eigenvalue weighted by Gasteiger charge is -2.21. The van der Waals surface area contributed by atoms with E-state index in [2.05, 4.69) is 15.5 Å². The van der Waals surface area contributed by atoms with Crippen molar-refractivity contribution in [1.82, 2.24) is 14.7 Å². The molecule has 1 heterocycles. The molecule has 0 saturated carbocycles. The number of aromatic nitrogens is 1. The van der Waals surface area contributed by atoms with E-state index in [1.807, 2.05) is 30.3 Å². The van der Waals surface area contributed by atoms with Gasteiger partial charge >= 0.3 is 0 Å². The van der Waals surface area contributed by atoms with E-state index in [0.717, 1.165) is 9.87 Å². The Labute approximate surface area is 169 Å². The number of carbonyl (C=O) groups excluding carboxylic acids is 1. The van der Waals surface area contributed by atoms with E-state index in [4.69, 9.17) is 0 Å². The van der Waals surface area contributed by atoms with Gasteiger partial charge in [0.2, 0.25) is 10.0 Å². The molecule has 29 heavy (non-hydrogen) atoms. The molecule has 148 valence electrons. The minimum Gasteiger partial charge on any atom is -0.272 e. The molecule has 0 bridgehead atoms. The van der Waals surface area contributed by atoms with Gasteiger partial charge in [0.15, 0.2) is 0 Å². The van der Waals surface area contributed by atoms with Crippen LogP contribution in [0.4, 0.5) is 0 Å². The number of hydrazone groups is 1. The maximum Gasteiger partial charge on any atom is 0.255 e. The molecule has 0 aliphatic heterocycles. The number of amides is 1. The molecule has 7 nitrogen and oxygen atoms in total. The first-order chi connectivity index (χ1) is 14.1. The molecule has 1 aromatic heterocycles. The standard InChI is InChI=1S/C21H20N4O3S/c26-21(24-23-15-19-10-7-13-22-14-19)17-25(16-18-8-3-1-4-9-18)29(27,28)20-11-5-2-6-12-20/h1-15H,16-17H2,(H,24,26)/b23-15+. The van der Waals surface area contributed by atoms with Gasteiger partial charge in [0.25, 0.3) is 5.91 Å². The fourth-order valence-corrected chi connectivity index (χ4v) is 3.99. The predicted molar refractivity (Wildman–Crippen MR) is 110 cm³/mol. The molecule has 0 aliphatic rings. The molecule has 0 aliphatic carbocycles. The van der Waals surface area contributed by atoms with Gasteiger partial charge in [-0.2, -0.15) is 9.41 Å². The fraction of sp³-hybridized carbons (Fsp3) is 0.0952. The average Bonchev–Trinajstić information content (AvgIpc) is 2.75. The minimum atomic E-state index is -3.86. The summed E-state index contributed by atoms with van der Waals surface area (Å²) in [5.74, 6) is -0.541. The van der Waals surface area contributed by atoms with Crippen molar-refractivity contribution in [2.75, 3.05) is 6.54 Å². The van der Waals surface area contributed by atoms with Crippen LogP contribution in [0.5, 0.6) is 0 Å². The van der Waals surface area contributed by atoms with Crippen LogP contribution in [0.1, 0.15) is 11.1 Å². The highest BCUT2D eigenvalue weighted by Crippen LogP contribution is 2.18. The van der Waals surface area contributed by atoms with E-state index in [9.17, 15) is 13.2 Å². The van der Waals surface area contributed by atoms with Gasteiger partial charge in [0.05, 0.1) is 17.7 Å². The summed E-state index contributed by atoms with van der Waals surface area (Å²) >= 11 is 0. The molecule has 0 fully saturated rings. The van der Waals surface area contributed by atoms with Crippen molar-refractivity contribution < 1.29 is 13.2 Å². The zero-order valence-corrected chi connectivity index (χ0v) is 16.4. The van der Waals surface area contributed by atoms with E-state index in [0.29, 0.717) is 5.56 Å². The van der Waals surface area contributed by atoms with Crippen molar-refractivity contribution in [2.24, 2.45) is 5.10 Å². The van der Waals surface area contributed by atoms with Crippen LogP contribution in [0, 0.1) is 0 Å². The molecule has 0 unspecified atom stereocenters. The van der Waals surface area contributed by atoms with E-state index in [-0.39, 0.29) is 18.0 Å². The monoisotopic (exact) mass is 408 g/mol. The SMILES string of the molecule is O=C(CN(Cc1ccccc1)S(=O)(=O)c1ccccc1)N/N=C/c1cccnc1. The van der Waals surface area contributed by atoms with Gasteiger partial charge < -0.3 is 0 Å². The molecule has 1 N–H and O–H groups in total. The first-order valence-electron chi connectivity index (χ1n) is 8.87. The number of nitrogens with zero attached hydrogens (tertiary/aromatic N) is 3. The van der Waals surface area contributed by atoms with Crippen LogP contribution in [-0.2, 0) is 21.4 Å². The van der Waals surface area contributed by atoms with Gasteiger partial charge in [0, 0.05) is 24.5 Å². The lowest BCUT2D eigenvalue weighted by molar-refractivity contribution is -0.121. The third-order valence-corrected chi connectivity index (χ3v) is 5.80. The highest BCUT2D eigenvalue weighted by atomic mass is 32.2. The predicted octanol–water partition coefficient (Wildman–Crippen LogP) is 2.42. The number of carbonyl (C=O) groups is 1. The summed E-state index contributed by atoms with van der Waals surface area (Å²) in [5, 5.41) is 3.87. The second-order valence-corrected chi connectivity index (χ2v) is 8.09. The molecule has 8 heteroatoms. The highest BCUT2D eigenvalue weighted by Gasteiger charge is 2.26. The van der Waals surface area contributed by atoms with Gasteiger partial charge in [-0.15, -0.1) is 0 Å². The average molecular weight is 408 g/mol. The van der Waals surface area contributed by atoms with Crippen molar-refractivity contribution >= 4 is 22.1 Å². The zero-order chi connectivity index (χ0) is 20.5. The van der Waals surface area contributed by atoms with E-state index in [1.54, 1.807) is 42.7 Å². The molecule has 0 atom stereocenters. The normalized spacial score (nSPS) is 11.6. The Bertz CT molecular complexity index is 1060. The molecule has 0 spiro atoms. The second-order valence-electron chi connectivity index (χ2n) is 6.15.